The molecule has 0 fully saturated rings. The van der Waals surface area contributed by atoms with E-state index in [0.717, 1.165) is 6.54 Å². The number of hydrogen-bond donors (Lipinski definition) is 1. The summed E-state index contributed by atoms with van der Waals surface area (Å²) in [6.07, 6.45) is 1.20. The normalized spacial score (nSPS) is 15.1. The molecular weight excluding hydrogens is 218 g/mol. The highest BCUT2D eigenvalue weighted by Crippen LogP contribution is 2.31. The molecule has 1 nitrogen and oxygen atoms in total. The summed E-state index contributed by atoms with van der Waals surface area (Å²) in [4.78, 5) is 0. The fraction of sp³-hybridized carbons (Fsp3) is 0.647. The van der Waals surface area contributed by atoms with Crippen LogP contribution in [0.1, 0.15) is 52.5 Å². The van der Waals surface area contributed by atoms with Gasteiger partial charge in [-0.1, -0.05) is 65.0 Å². The SMILES string of the molecule is CCCNC(C(C)C)C(c1ccccc1)C(C)C. The molecule has 1 heteroatoms. The van der Waals surface area contributed by atoms with Gasteiger partial charge in [0.05, 0.1) is 0 Å². The Morgan fingerprint density at radius 3 is 2.00 bits per heavy atom. The highest BCUT2D eigenvalue weighted by atomic mass is 14.9. The van der Waals surface area contributed by atoms with Gasteiger partial charge in [0.2, 0.25) is 0 Å². The maximum atomic E-state index is 3.75. The molecule has 2 atom stereocenters. The van der Waals surface area contributed by atoms with E-state index in [0.29, 0.717) is 23.8 Å². The smallest absolute Gasteiger partial charge is 0.0161 e. The summed E-state index contributed by atoms with van der Waals surface area (Å²) in [6, 6.07) is 11.5. The van der Waals surface area contributed by atoms with Gasteiger partial charge in [-0.25, -0.2) is 0 Å². The minimum absolute atomic E-state index is 0.562. The zero-order valence-electron chi connectivity index (χ0n) is 12.6. The van der Waals surface area contributed by atoms with Crippen LogP contribution in [0.15, 0.2) is 30.3 Å². The van der Waals surface area contributed by atoms with Gasteiger partial charge in [-0.2, -0.15) is 0 Å². The van der Waals surface area contributed by atoms with E-state index in [1.807, 2.05) is 0 Å². The molecule has 1 rings (SSSR count). The summed E-state index contributed by atoms with van der Waals surface area (Å²) in [5, 5.41) is 3.75. The van der Waals surface area contributed by atoms with Crippen LogP contribution in [-0.4, -0.2) is 12.6 Å². The summed E-state index contributed by atoms with van der Waals surface area (Å²) < 4.78 is 0. The fourth-order valence-electron chi connectivity index (χ4n) is 2.77. The van der Waals surface area contributed by atoms with Crippen LogP contribution in [0.2, 0.25) is 0 Å². The van der Waals surface area contributed by atoms with Crippen molar-refractivity contribution in [1.29, 1.82) is 0 Å². The van der Waals surface area contributed by atoms with E-state index >= 15 is 0 Å². The molecule has 2 unspecified atom stereocenters. The lowest BCUT2D eigenvalue weighted by atomic mass is 9.78. The first-order valence-corrected chi connectivity index (χ1v) is 7.36. The van der Waals surface area contributed by atoms with Crippen molar-refractivity contribution in [2.24, 2.45) is 11.8 Å². The zero-order chi connectivity index (χ0) is 13.5. The maximum Gasteiger partial charge on any atom is 0.0161 e. The van der Waals surface area contributed by atoms with Crippen LogP contribution in [0.25, 0.3) is 0 Å². The van der Waals surface area contributed by atoms with Crippen LogP contribution in [0.3, 0.4) is 0 Å². The van der Waals surface area contributed by atoms with E-state index in [2.05, 4.69) is 70.3 Å². The molecule has 0 bridgehead atoms. The summed E-state index contributed by atoms with van der Waals surface area (Å²) in [5.74, 6) is 1.91. The van der Waals surface area contributed by atoms with E-state index in [9.17, 15) is 0 Å². The van der Waals surface area contributed by atoms with Crippen molar-refractivity contribution in [3.63, 3.8) is 0 Å². The molecular formula is C17H29N. The van der Waals surface area contributed by atoms with Crippen LogP contribution < -0.4 is 5.32 Å². The quantitative estimate of drug-likeness (QED) is 0.750. The Morgan fingerprint density at radius 1 is 0.944 bits per heavy atom. The second kappa shape index (κ2) is 7.58. The van der Waals surface area contributed by atoms with Crippen molar-refractivity contribution in [3.05, 3.63) is 35.9 Å². The Morgan fingerprint density at radius 2 is 1.56 bits per heavy atom. The zero-order valence-corrected chi connectivity index (χ0v) is 12.6. The van der Waals surface area contributed by atoms with Crippen LogP contribution in [0.4, 0.5) is 0 Å². The molecule has 1 aromatic carbocycles. The Balaban J connectivity index is 2.94. The van der Waals surface area contributed by atoms with Crippen molar-refractivity contribution in [1.82, 2.24) is 5.32 Å². The summed E-state index contributed by atoms with van der Waals surface area (Å²) in [7, 11) is 0. The molecule has 102 valence electrons. The van der Waals surface area contributed by atoms with Crippen molar-refractivity contribution >= 4 is 0 Å². The predicted molar refractivity (Wildman–Crippen MR) is 80.9 cm³/mol. The molecule has 0 aliphatic heterocycles. The van der Waals surface area contributed by atoms with Crippen LogP contribution in [-0.2, 0) is 0 Å². The molecule has 0 aliphatic rings. The Kier molecular flexibility index (Phi) is 6.42. The molecule has 1 N–H and O–H groups in total. The second-order valence-electron chi connectivity index (χ2n) is 5.90. The topological polar surface area (TPSA) is 12.0 Å². The molecule has 1 aromatic rings. The Hall–Kier alpha value is -0.820. The van der Waals surface area contributed by atoms with Gasteiger partial charge in [0.15, 0.2) is 0 Å². The van der Waals surface area contributed by atoms with E-state index in [4.69, 9.17) is 0 Å². The molecule has 0 spiro atoms. The molecule has 0 aliphatic carbocycles. The molecule has 0 saturated heterocycles. The van der Waals surface area contributed by atoms with Crippen molar-refractivity contribution < 1.29 is 0 Å². The van der Waals surface area contributed by atoms with Gasteiger partial charge in [0.25, 0.3) is 0 Å². The third kappa shape index (κ3) is 4.13. The van der Waals surface area contributed by atoms with Crippen molar-refractivity contribution in [3.8, 4) is 0 Å². The van der Waals surface area contributed by atoms with Gasteiger partial charge >= 0.3 is 0 Å². The van der Waals surface area contributed by atoms with Gasteiger partial charge in [-0.05, 0) is 30.4 Å². The number of rotatable bonds is 7. The third-order valence-corrected chi connectivity index (χ3v) is 3.64. The Labute approximate surface area is 113 Å². The first-order chi connectivity index (χ1) is 8.57. The molecule has 0 radical (unpaired) electrons. The largest absolute Gasteiger partial charge is 0.313 e. The molecule has 18 heavy (non-hydrogen) atoms. The van der Waals surface area contributed by atoms with Crippen LogP contribution in [0, 0.1) is 11.8 Å². The minimum Gasteiger partial charge on any atom is -0.313 e. The number of benzene rings is 1. The summed E-state index contributed by atoms with van der Waals surface area (Å²) in [6.45, 7) is 12.7. The van der Waals surface area contributed by atoms with Gasteiger partial charge in [0.1, 0.15) is 0 Å². The molecule has 0 saturated carbocycles. The molecule has 0 heterocycles. The van der Waals surface area contributed by atoms with Crippen LogP contribution >= 0.6 is 0 Å². The average Bonchev–Trinajstić information content (AvgIpc) is 2.34. The van der Waals surface area contributed by atoms with E-state index in [1.165, 1.54) is 12.0 Å². The summed E-state index contributed by atoms with van der Waals surface area (Å²) >= 11 is 0. The van der Waals surface area contributed by atoms with Crippen LogP contribution in [0.5, 0.6) is 0 Å². The van der Waals surface area contributed by atoms with E-state index in [1.54, 1.807) is 0 Å². The fourth-order valence-corrected chi connectivity index (χ4v) is 2.77. The number of nitrogens with one attached hydrogen (secondary N) is 1. The lowest BCUT2D eigenvalue weighted by molar-refractivity contribution is 0.292. The van der Waals surface area contributed by atoms with Gasteiger partial charge in [-0.15, -0.1) is 0 Å². The summed E-state index contributed by atoms with van der Waals surface area (Å²) in [5.41, 5.74) is 1.47. The third-order valence-electron chi connectivity index (χ3n) is 3.64. The first kappa shape index (κ1) is 15.2. The molecule has 0 amide bonds. The van der Waals surface area contributed by atoms with Gasteiger partial charge < -0.3 is 5.32 Å². The van der Waals surface area contributed by atoms with Crippen molar-refractivity contribution in [2.45, 2.75) is 53.0 Å². The first-order valence-electron chi connectivity index (χ1n) is 7.36. The Bertz CT molecular complexity index is 316. The lowest BCUT2D eigenvalue weighted by Crippen LogP contribution is -2.41. The number of hydrogen-bond acceptors (Lipinski definition) is 1. The van der Waals surface area contributed by atoms with Gasteiger partial charge in [-0.3, -0.25) is 0 Å². The predicted octanol–water partition coefficient (Wildman–Crippen LogP) is 4.45. The van der Waals surface area contributed by atoms with E-state index < -0.39 is 0 Å². The maximum absolute atomic E-state index is 3.75. The standard InChI is InChI=1S/C17H29N/c1-6-12-18-17(14(4)5)16(13(2)3)15-10-8-7-9-11-15/h7-11,13-14,16-18H,6,12H2,1-5H3. The van der Waals surface area contributed by atoms with Crippen molar-refractivity contribution in [2.75, 3.05) is 6.54 Å². The second-order valence-corrected chi connectivity index (χ2v) is 5.90. The molecule has 0 aromatic heterocycles. The lowest BCUT2D eigenvalue weighted by Gasteiger charge is -2.34. The monoisotopic (exact) mass is 247 g/mol. The highest BCUT2D eigenvalue weighted by molar-refractivity contribution is 5.22. The minimum atomic E-state index is 0.562. The van der Waals surface area contributed by atoms with Gasteiger partial charge in [0, 0.05) is 12.0 Å². The average molecular weight is 247 g/mol. The van der Waals surface area contributed by atoms with E-state index in [-0.39, 0.29) is 0 Å². The highest BCUT2D eigenvalue weighted by Gasteiger charge is 2.27.